The van der Waals surface area contributed by atoms with Crippen molar-refractivity contribution < 1.29 is 9.84 Å². The summed E-state index contributed by atoms with van der Waals surface area (Å²) in [5.74, 6) is 1.89. The summed E-state index contributed by atoms with van der Waals surface area (Å²) in [5, 5.41) is 11.0. The zero-order valence-electron chi connectivity index (χ0n) is 11.6. The number of methoxy groups -OCH3 is 1. The summed E-state index contributed by atoms with van der Waals surface area (Å²) in [4.78, 5) is 0. The summed E-state index contributed by atoms with van der Waals surface area (Å²) in [6.45, 7) is 4.41. The van der Waals surface area contributed by atoms with Crippen LogP contribution in [0.3, 0.4) is 0 Å². The molecular formula is C16H24O2. The monoisotopic (exact) mass is 248 g/mol. The molecule has 0 bridgehead atoms. The van der Waals surface area contributed by atoms with E-state index in [1.807, 2.05) is 24.3 Å². The number of ether oxygens (including phenoxy) is 1. The Morgan fingerprint density at radius 3 is 2.67 bits per heavy atom. The molecule has 0 heterocycles. The molecule has 0 radical (unpaired) electrons. The Labute approximate surface area is 110 Å². The Kier molecular flexibility index (Phi) is 3.96. The molecule has 0 aliphatic heterocycles. The van der Waals surface area contributed by atoms with Crippen molar-refractivity contribution in [1.29, 1.82) is 0 Å². The number of benzene rings is 1. The first-order chi connectivity index (χ1) is 8.56. The molecule has 1 atom stereocenters. The molecule has 0 amide bonds. The van der Waals surface area contributed by atoms with Crippen molar-refractivity contribution in [2.24, 2.45) is 11.8 Å². The van der Waals surface area contributed by atoms with Crippen molar-refractivity contribution in [3.05, 3.63) is 29.8 Å². The highest BCUT2D eigenvalue weighted by Gasteiger charge is 2.44. The Morgan fingerprint density at radius 2 is 2.11 bits per heavy atom. The second-order valence-electron chi connectivity index (χ2n) is 5.86. The molecule has 1 aromatic carbocycles. The van der Waals surface area contributed by atoms with E-state index in [-0.39, 0.29) is 0 Å². The smallest absolute Gasteiger partial charge is 0.119 e. The molecule has 1 aliphatic rings. The molecule has 2 nitrogen and oxygen atoms in total. The van der Waals surface area contributed by atoms with E-state index in [9.17, 15) is 5.11 Å². The lowest BCUT2D eigenvalue weighted by atomic mass is 9.83. The zero-order valence-corrected chi connectivity index (χ0v) is 11.6. The van der Waals surface area contributed by atoms with Crippen LogP contribution in [0.5, 0.6) is 5.75 Å². The fraction of sp³-hybridized carbons (Fsp3) is 0.625. The maximum atomic E-state index is 11.0. The molecule has 1 saturated carbocycles. The molecular weight excluding hydrogens is 224 g/mol. The summed E-state index contributed by atoms with van der Waals surface area (Å²) < 4.78 is 5.26. The van der Waals surface area contributed by atoms with Crippen LogP contribution >= 0.6 is 0 Å². The van der Waals surface area contributed by atoms with Gasteiger partial charge in [0, 0.05) is 0 Å². The van der Waals surface area contributed by atoms with Gasteiger partial charge in [0.25, 0.3) is 0 Å². The molecule has 1 unspecified atom stereocenters. The first-order valence-corrected chi connectivity index (χ1v) is 6.93. The molecule has 0 aromatic heterocycles. The van der Waals surface area contributed by atoms with Gasteiger partial charge in [-0.3, -0.25) is 0 Å². The number of rotatable bonds is 6. The van der Waals surface area contributed by atoms with Crippen molar-refractivity contribution in [2.75, 3.05) is 7.11 Å². The maximum absolute atomic E-state index is 11.0. The van der Waals surface area contributed by atoms with Gasteiger partial charge in [0.05, 0.1) is 12.7 Å². The van der Waals surface area contributed by atoms with E-state index >= 15 is 0 Å². The minimum atomic E-state index is -0.654. The van der Waals surface area contributed by atoms with Gasteiger partial charge >= 0.3 is 0 Å². The van der Waals surface area contributed by atoms with Crippen LogP contribution in [0, 0.1) is 11.8 Å². The number of aliphatic hydroxyl groups is 1. The lowest BCUT2D eigenvalue weighted by Gasteiger charge is -2.30. The fourth-order valence-electron chi connectivity index (χ4n) is 2.55. The molecule has 2 heteroatoms. The number of hydrogen-bond donors (Lipinski definition) is 1. The number of hydrogen-bond acceptors (Lipinski definition) is 2. The van der Waals surface area contributed by atoms with E-state index in [4.69, 9.17) is 4.74 Å². The van der Waals surface area contributed by atoms with Gasteiger partial charge in [0.15, 0.2) is 0 Å². The van der Waals surface area contributed by atoms with E-state index in [0.29, 0.717) is 11.8 Å². The average Bonchev–Trinajstić information content (AvgIpc) is 3.20. The second-order valence-corrected chi connectivity index (χ2v) is 5.86. The highest BCUT2D eigenvalue weighted by Crippen LogP contribution is 2.49. The third-order valence-corrected chi connectivity index (χ3v) is 3.93. The van der Waals surface area contributed by atoms with Crippen molar-refractivity contribution in [2.45, 2.75) is 45.1 Å². The Morgan fingerprint density at radius 1 is 1.39 bits per heavy atom. The molecule has 18 heavy (non-hydrogen) atoms. The van der Waals surface area contributed by atoms with Crippen LogP contribution in [0.25, 0.3) is 0 Å². The third-order valence-electron chi connectivity index (χ3n) is 3.93. The topological polar surface area (TPSA) is 29.5 Å². The standard InChI is InChI=1S/C16H24O2/c1-12(2)9-10-16(17,13-7-8-13)14-5-4-6-15(11-14)18-3/h4-6,11-13,17H,7-10H2,1-3H3. The van der Waals surface area contributed by atoms with Crippen LogP contribution in [0.1, 0.15) is 45.1 Å². The molecule has 0 saturated heterocycles. The first kappa shape index (κ1) is 13.4. The first-order valence-electron chi connectivity index (χ1n) is 6.93. The summed E-state index contributed by atoms with van der Waals surface area (Å²) in [5.41, 5.74) is 0.365. The summed E-state index contributed by atoms with van der Waals surface area (Å²) in [6.07, 6.45) is 4.20. The largest absolute Gasteiger partial charge is 0.497 e. The predicted octanol–water partition coefficient (Wildman–Crippen LogP) is 3.73. The van der Waals surface area contributed by atoms with Gasteiger partial charge < -0.3 is 9.84 Å². The van der Waals surface area contributed by atoms with E-state index in [2.05, 4.69) is 13.8 Å². The summed E-state index contributed by atoms with van der Waals surface area (Å²) in [7, 11) is 1.67. The van der Waals surface area contributed by atoms with Crippen LogP contribution in [0.15, 0.2) is 24.3 Å². The van der Waals surface area contributed by atoms with Crippen LogP contribution in [0.4, 0.5) is 0 Å². The molecule has 0 spiro atoms. The maximum Gasteiger partial charge on any atom is 0.119 e. The van der Waals surface area contributed by atoms with Crippen molar-refractivity contribution in [3.63, 3.8) is 0 Å². The van der Waals surface area contributed by atoms with E-state index in [1.165, 1.54) is 0 Å². The van der Waals surface area contributed by atoms with Crippen LogP contribution < -0.4 is 4.74 Å². The van der Waals surface area contributed by atoms with Crippen molar-refractivity contribution >= 4 is 0 Å². The van der Waals surface area contributed by atoms with Gasteiger partial charge in [0.1, 0.15) is 5.75 Å². The van der Waals surface area contributed by atoms with Gasteiger partial charge in [-0.25, -0.2) is 0 Å². The van der Waals surface area contributed by atoms with Crippen molar-refractivity contribution in [1.82, 2.24) is 0 Å². The van der Waals surface area contributed by atoms with Gasteiger partial charge in [-0.05, 0) is 55.2 Å². The molecule has 1 aliphatic carbocycles. The molecule has 1 aromatic rings. The Bertz CT molecular complexity index is 396. The lowest BCUT2D eigenvalue weighted by molar-refractivity contribution is -0.000903. The minimum absolute atomic E-state index is 0.434. The van der Waals surface area contributed by atoms with E-state index < -0.39 is 5.60 Å². The van der Waals surface area contributed by atoms with Crippen LogP contribution in [-0.4, -0.2) is 12.2 Å². The van der Waals surface area contributed by atoms with Gasteiger partial charge in [-0.2, -0.15) is 0 Å². The van der Waals surface area contributed by atoms with Crippen molar-refractivity contribution in [3.8, 4) is 5.75 Å². The van der Waals surface area contributed by atoms with Crippen LogP contribution in [0.2, 0.25) is 0 Å². The molecule has 1 N–H and O–H groups in total. The highest BCUT2D eigenvalue weighted by molar-refractivity contribution is 5.33. The fourth-order valence-corrected chi connectivity index (χ4v) is 2.55. The Balaban J connectivity index is 2.22. The van der Waals surface area contributed by atoms with Crippen LogP contribution in [-0.2, 0) is 5.60 Å². The lowest BCUT2D eigenvalue weighted by Crippen LogP contribution is -2.29. The second kappa shape index (κ2) is 5.31. The average molecular weight is 248 g/mol. The third kappa shape index (κ3) is 2.86. The summed E-state index contributed by atoms with van der Waals surface area (Å²) in [6, 6.07) is 7.91. The van der Waals surface area contributed by atoms with Gasteiger partial charge in [-0.15, -0.1) is 0 Å². The van der Waals surface area contributed by atoms with Gasteiger partial charge in [-0.1, -0.05) is 26.0 Å². The molecule has 1 fully saturated rings. The highest BCUT2D eigenvalue weighted by atomic mass is 16.5. The minimum Gasteiger partial charge on any atom is -0.497 e. The predicted molar refractivity (Wildman–Crippen MR) is 73.7 cm³/mol. The zero-order chi connectivity index (χ0) is 13.2. The van der Waals surface area contributed by atoms with Gasteiger partial charge in [0.2, 0.25) is 0 Å². The quantitative estimate of drug-likeness (QED) is 0.831. The SMILES string of the molecule is COc1cccc(C(O)(CCC(C)C)C2CC2)c1. The molecule has 2 rings (SSSR count). The normalized spacial score (nSPS) is 18.7. The Hall–Kier alpha value is -1.02. The molecule has 100 valence electrons. The van der Waals surface area contributed by atoms with E-state index in [1.54, 1.807) is 7.11 Å². The summed E-state index contributed by atoms with van der Waals surface area (Å²) >= 11 is 0. The van der Waals surface area contributed by atoms with E-state index in [0.717, 1.165) is 37.0 Å².